The number of phenols is 5. The van der Waals surface area contributed by atoms with Crippen LogP contribution in [-0.2, 0) is 6.54 Å². The van der Waals surface area contributed by atoms with Crippen molar-refractivity contribution in [2.75, 3.05) is 0 Å². The SMILES string of the molecule is C=C(/C=C/c1cc(O)c(O)c(Br)c1)NCc1cc(O)c(O)c(O)c1Br. The molecule has 25 heavy (non-hydrogen) atoms. The molecule has 0 saturated carbocycles. The Morgan fingerprint density at radius 3 is 2.24 bits per heavy atom. The minimum Gasteiger partial charge on any atom is -0.504 e. The van der Waals surface area contributed by atoms with Crippen LogP contribution in [0.25, 0.3) is 6.08 Å². The topological polar surface area (TPSA) is 113 Å². The van der Waals surface area contributed by atoms with Crippen LogP contribution in [-0.4, -0.2) is 25.5 Å². The van der Waals surface area contributed by atoms with Gasteiger partial charge in [0.15, 0.2) is 23.0 Å². The van der Waals surface area contributed by atoms with Crippen molar-refractivity contribution in [3.8, 4) is 28.7 Å². The van der Waals surface area contributed by atoms with Crippen LogP contribution >= 0.6 is 31.9 Å². The normalized spacial score (nSPS) is 11.0. The Labute approximate surface area is 160 Å². The molecule has 0 saturated heterocycles. The van der Waals surface area contributed by atoms with E-state index in [1.165, 1.54) is 12.1 Å². The molecule has 0 fully saturated rings. The Bertz CT molecular complexity index is 842. The molecule has 0 radical (unpaired) electrons. The highest BCUT2D eigenvalue weighted by Crippen LogP contribution is 2.42. The molecule has 0 unspecified atom stereocenters. The number of benzene rings is 2. The molecule has 0 amide bonds. The average molecular weight is 473 g/mol. The summed E-state index contributed by atoms with van der Waals surface area (Å²) in [7, 11) is 0. The summed E-state index contributed by atoms with van der Waals surface area (Å²) in [4.78, 5) is 0. The number of rotatable bonds is 5. The van der Waals surface area contributed by atoms with Crippen LogP contribution in [0.3, 0.4) is 0 Å². The Hall–Kier alpha value is -2.32. The van der Waals surface area contributed by atoms with Gasteiger partial charge in [-0.25, -0.2) is 0 Å². The predicted octanol–water partition coefficient (Wildman–Crippen LogP) is 4.06. The van der Waals surface area contributed by atoms with Gasteiger partial charge in [0.1, 0.15) is 0 Å². The van der Waals surface area contributed by atoms with Crippen molar-refractivity contribution in [1.29, 1.82) is 0 Å². The van der Waals surface area contributed by atoms with E-state index in [0.717, 1.165) is 0 Å². The molecular formula is C17H15Br2NO5. The van der Waals surface area contributed by atoms with E-state index in [0.29, 0.717) is 21.3 Å². The zero-order valence-corrected chi connectivity index (χ0v) is 16.0. The molecule has 0 spiro atoms. The quantitative estimate of drug-likeness (QED) is 0.289. The summed E-state index contributed by atoms with van der Waals surface area (Å²) in [6, 6.07) is 4.35. The van der Waals surface area contributed by atoms with Crippen LogP contribution in [0.5, 0.6) is 28.7 Å². The second-order valence-corrected chi connectivity index (χ2v) is 6.80. The molecule has 0 aliphatic rings. The van der Waals surface area contributed by atoms with E-state index in [1.54, 1.807) is 18.2 Å². The van der Waals surface area contributed by atoms with Crippen molar-refractivity contribution in [2.24, 2.45) is 0 Å². The molecule has 0 aliphatic carbocycles. The van der Waals surface area contributed by atoms with Crippen LogP contribution in [0, 0.1) is 0 Å². The number of aromatic hydroxyl groups is 5. The highest BCUT2D eigenvalue weighted by molar-refractivity contribution is 9.11. The van der Waals surface area contributed by atoms with Crippen molar-refractivity contribution in [1.82, 2.24) is 5.32 Å². The first-order chi connectivity index (χ1) is 11.7. The van der Waals surface area contributed by atoms with E-state index < -0.39 is 17.2 Å². The van der Waals surface area contributed by atoms with Crippen molar-refractivity contribution in [3.63, 3.8) is 0 Å². The predicted molar refractivity (Wildman–Crippen MR) is 102 cm³/mol. The largest absolute Gasteiger partial charge is 0.504 e. The molecule has 0 heterocycles. The van der Waals surface area contributed by atoms with Gasteiger partial charge in [0.2, 0.25) is 5.75 Å². The van der Waals surface area contributed by atoms with Crippen molar-refractivity contribution >= 4 is 37.9 Å². The number of hydrogen-bond acceptors (Lipinski definition) is 6. The summed E-state index contributed by atoms with van der Waals surface area (Å²) in [6.07, 6.45) is 3.34. The molecule has 0 aliphatic heterocycles. The van der Waals surface area contributed by atoms with Gasteiger partial charge in [-0.15, -0.1) is 0 Å². The smallest absolute Gasteiger partial charge is 0.201 e. The Morgan fingerprint density at radius 1 is 0.960 bits per heavy atom. The Balaban J connectivity index is 2.07. The van der Waals surface area contributed by atoms with Crippen molar-refractivity contribution < 1.29 is 25.5 Å². The third-order valence-electron chi connectivity index (χ3n) is 3.32. The van der Waals surface area contributed by atoms with Crippen LogP contribution in [0.15, 0.2) is 45.5 Å². The summed E-state index contributed by atoms with van der Waals surface area (Å²) >= 11 is 6.29. The lowest BCUT2D eigenvalue weighted by Gasteiger charge is -2.11. The lowest BCUT2D eigenvalue weighted by molar-refractivity contribution is 0.365. The lowest BCUT2D eigenvalue weighted by atomic mass is 10.1. The molecule has 132 valence electrons. The third-order valence-corrected chi connectivity index (χ3v) is 4.81. The number of hydrogen-bond donors (Lipinski definition) is 6. The highest BCUT2D eigenvalue weighted by atomic mass is 79.9. The van der Waals surface area contributed by atoms with Gasteiger partial charge in [0.05, 0.1) is 8.95 Å². The fraction of sp³-hybridized carbons (Fsp3) is 0.0588. The molecule has 2 aromatic rings. The minimum absolute atomic E-state index is 0.231. The maximum absolute atomic E-state index is 9.69. The summed E-state index contributed by atoms with van der Waals surface area (Å²) in [6.45, 7) is 4.06. The van der Waals surface area contributed by atoms with E-state index >= 15 is 0 Å². The number of halogens is 2. The van der Waals surface area contributed by atoms with Gasteiger partial charge in [-0.1, -0.05) is 12.7 Å². The third kappa shape index (κ3) is 4.40. The maximum atomic E-state index is 9.69. The van der Waals surface area contributed by atoms with Gasteiger partial charge in [-0.05, 0) is 67.3 Å². The first-order valence-electron chi connectivity index (χ1n) is 6.95. The molecule has 2 rings (SSSR count). The summed E-state index contributed by atoms with van der Waals surface area (Å²) in [5.74, 6) is -1.94. The monoisotopic (exact) mass is 471 g/mol. The highest BCUT2D eigenvalue weighted by Gasteiger charge is 2.14. The van der Waals surface area contributed by atoms with E-state index in [9.17, 15) is 25.5 Å². The first-order valence-corrected chi connectivity index (χ1v) is 8.54. The maximum Gasteiger partial charge on any atom is 0.201 e. The summed E-state index contributed by atoms with van der Waals surface area (Å²) < 4.78 is 0.629. The van der Waals surface area contributed by atoms with Crippen molar-refractivity contribution in [2.45, 2.75) is 6.54 Å². The second kappa shape index (κ2) is 7.71. The van der Waals surface area contributed by atoms with E-state index in [4.69, 9.17) is 0 Å². The Kier molecular flexibility index (Phi) is 5.86. The van der Waals surface area contributed by atoms with Gasteiger partial charge in [-0.2, -0.15) is 0 Å². The number of nitrogens with one attached hydrogen (secondary N) is 1. The van der Waals surface area contributed by atoms with Crippen LogP contribution in [0.4, 0.5) is 0 Å². The summed E-state index contributed by atoms with van der Waals surface area (Å²) in [5.41, 5.74) is 1.70. The molecule has 6 nitrogen and oxygen atoms in total. The molecule has 8 heteroatoms. The van der Waals surface area contributed by atoms with Gasteiger partial charge in [0, 0.05) is 12.2 Å². The number of allylic oxidation sites excluding steroid dienone is 1. The Morgan fingerprint density at radius 2 is 1.60 bits per heavy atom. The van der Waals surface area contributed by atoms with Crippen LogP contribution in [0.1, 0.15) is 11.1 Å². The van der Waals surface area contributed by atoms with Gasteiger partial charge in [0.25, 0.3) is 0 Å². The zero-order chi connectivity index (χ0) is 18.7. The van der Waals surface area contributed by atoms with Crippen molar-refractivity contribution in [3.05, 3.63) is 56.6 Å². The fourth-order valence-corrected chi connectivity index (χ4v) is 2.88. The number of phenolic OH excluding ortho intramolecular Hbond substituents is 5. The lowest BCUT2D eigenvalue weighted by Crippen LogP contribution is -2.10. The molecule has 6 N–H and O–H groups in total. The van der Waals surface area contributed by atoms with E-state index in [-0.39, 0.29) is 22.5 Å². The van der Waals surface area contributed by atoms with Gasteiger partial charge in [-0.3, -0.25) is 0 Å². The molecule has 0 atom stereocenters. The fourth-order valence-electron chi connectivity index (χ4n) is 1.97. The second-order valence-electron chi connectivity index (χ2n) is 5.15. The first kappa shape index (κ1) is 19.0. The minimum atomic E-state index is -0.591. The zero-order valence-electron chi connectivity index (χ0n) is 12.8. The van der Waals surface area contributed by atoms with E-state index in [2.05, 4.69) is 43.8 Å². The summed E-state index contributed by atoms with van der Waals surface area (Å²) in [5, 5.41) is 50.7. The van der Waals surface area contributed by atoms with Crippen LogP contribution < -0.4 is 5.32 Å². The van der Waals surface area contributed by atoms with Gasteiger partial charge >= 0.3 is 0 Å². The average Bonchev–Trinajstić information content (AvgIpc) is 2.57. The molecule has 0 bridgehead atoms. The molecular weight excluding hydrogens is 458 g/mol. The molecule has 2 aromatic carbocycles. The standard InChI is InChI=1S/C17H15Br2NO5/c1-8(2-3-9-4-11(18)15(23)12(21)5-9)20-7-10-6-13(22)16(24)17(25)14(10)19/h2-6,20-25H,1,7H2/b3-2+. The molecule has 0 aromatic heterocycles. The van der Waals surface area contributed by atoms with E-state index in [1.807, 2.05) is 0 Å². The van der Waals surface area contributed by atoms with Gasteiger partial charge < -0.3 is 30.8 Å². The van der Waals surface area contributed by atoms with Crippen LogP contribution in [0.2, 0.25) is 0 Å².